The quantitative estimate of drug-likeness (QED) is 0.616. The molecule has 0 aromatic heterocycles. The SMILES string of the molecule is CCNc1ccc(S(=O)(=O)NC2CCC2)cc1[N+](=O)[O-]. The molecule has 1 fully saturated rings. The maximum Gasteiger partial charge on any atom is 0.293 e. The summed E-state index contributed by atoms with van der Waals surface area (Å²) in [5, 5.41) is 13.9. The average Bonchev–Trinajstić information content (AvgIpc) is 2.34. The van der Waals surface area contributed by atoms with Gasteiger partial charge in [0, 0.05) is 18.7 Å². The molecule has 0 radical (unpaired) electrons. The zero-order valence-electron chi connectivity index (χ0n) is 11.1. The third-order valence-electron chi connectivity index (χ3n) is 3.27. The highest BCUT2D eigenvalue weighted by molar-refractivity contribution is 7.89. The summed E-state index contributed by atoms with van der Waals surface area (Å²) >= 11 is 0. The van der Waals surface area contributed by atoms with Gasteiger partial charge in [0.25, 0.3) is 5.69 Å². The number of sulfonamides is 1. The molecule has 0 amide bonds. The molecular formula is C12H17N3O4S. The van der Waals surface area contributed by atoms with Crippen molar-refractivity contribution in [1.82, 2.24) is 4.72 Å². The van der Waals surface area contributed by atoms with Crippen molar-refractivity contribution in [3.63, 3.8) is 0 Å². The fraction of sp³-hybridized carbons (Fsp3) is 0.500. The first-order valence-electron chi connectivity index (χ1n) is 6.48. The molecule has 20 heavy (non-hydrogen) atoms. The topological polar surface area (TPSA) is 101 Å². The molecule has 0 saturated heterocycles. The predicted octanol–water partition coefficient (Wildman–Crippen LogP) is 1.86. The van der Waals surface area contributed by atoms with Gasteiger partial charge in [-0.3, -0.25) is 10.1 Å². The Balaban J connectivity index is 2.32. The Hall–Kier alpha value is -1.67. The molecule has 1 saturated carbocycles. The molecule has 1 aromatic rings. The van der Waals surface area contributed by atoms with Crippen LogP contribution in [0.5, 0.6) is 0 Å². The summed E-state index contributed by atoms with van der Waals surface area (Å²) in [6.45, 7) is 2.33. The van der Waals surface area contributed by atoms with Gasteiger partial charge in [-0.15, -0.1) is 0 Å². The zero-order valence-corrected chi connectivity index (χ0v) is 11.9. The Bertz CT molecular complexity index is 611. The molecule has 1 aliphatic carbocycles. The number of anilines is 1. The van der Waals surface area contributed by atoms with Crippen LogP contribution in [-0.4, -0.2) is 25.9 Å². The van der Waals surface area contributed by atoms with Crippen molar-refractivity contribution in [3.05, 3.63) is 28.3 Å². The number of benzene rings is 1. The van der Waals surface area contributed by atoms with E-state index in [9.17, 15) is 18.5 Å². The smallest absolute Gasteiger partial charge is 0.293 e. The average molecular weight is 299 g/mol. The molecule has 0 heterocycles. The van der Waals surface area contributed by atoms with Gasteiger partial charge in [-0.05, 0) is 31.9 Å². The molecule has 0 spiro atoms. The number of nitro groups is 1. The summed E-state index contributed by atoms with van der Waals surface area (Å²) in [5.41, 5.74) is 0.0865. The summed E-state index contributed by atoms with van der Waals surface area (Å²) in [6.07, 6.45) is 2.64. The Morgan fingerprint density at radius 3 is 2.60 bits per heavy atom. The summed E-state index contributed by atoms with van der Waals surface area (Å²) < 4.78 is 26.8. The monoisotopic (exact) mass is 299 g/mol. The molecule has 110 valence electrons. The van der Waals surface area contributed by atoms with E-state index in [1.165, 1.54) is 12.1 Å². The lowest BCUT2D eigenvalue weighted by Gasteiger charge is -2.26. The van der Waals surface area contributed by atoms with Gasteiger partial charge in [0.15, 0.2) is 0 Å². The maximum absolute atomic E-state index is 12.1. The van der Waals surface area contributed by atoms with Crippen LogP contribution in [-0.2, 0) is 10.0 Å². The van der Waals surface area contributed by atoms with Crippen LogP contribution in [0.2, 0.25) is 0 Å². The summed E-state index contributed by atoms with van der Waals surface area (Å²) in [4.78, 5) is 10.4. The van der Waals surface area contributed by atoms with Crippen LogP contribution < -0.4 is 10.0 Å². The summed E-state index contributed by atoms with van der Waals surface area (Å²) in [5.74, 6) is 0. The van der Waals surface area contributed by atoms with E-state index in [-0.39, 0.29) is 16.6 Å². The minimum Gasteiger partial charge on any atom is -0.380 e. The van der Waals surface area contributed by atoms with E-state index in [0.29, 0.717) is 12.2 Å². The van der Waals surface area contributed by atoms with Gasteiger partial charge in [-0.2, -0.15) is 0 Å². The number of nitrogens with zero attached hydrogens (tertiary/aromatic N) is 1. The highest BCUT2D eigenvalue weighted by Gasteiger charge is 2.26. The van der Waals surface area contributed by atoms with E-state index in [1.807, 2.05) is 6.92 Å². The van der Waals surface area contributed by atoms with Gasteiger partial charge in [-0.1, -0.05) is 6.42 Å². The summed E-state index contributed by atoms with van der Waals surface area (Å²) in [6, 6.07) is 3.86. The number of nitrogens with one attached hydrogen (secondary N) is 2. The van der Waals surface area contributed by atoms with Crippen LogP contribution in [0.25, 0.3) is 0 Å². The Kier molecular flexibility index (Phi) is 4.24. The number of nitro benzene ring substituents is 1. The predicted molar refractivity (Wildman–Crippen MR) is 75.2 cm³/mol. The van der Waals surface area contributed by atoms with Crippen molar-refractivity contribution in [2.24, 2.45) is 0 Å². The highest BCUT2D eigenvalue weighted by atomic mass is 32.2. The fourth-order valence-corrected chi connectivity index (χ4v) is 3.31. The first-order valence-corrected chi connectivity index (χ1v) is 7.97. The second-order valence-electron chi connectivity index (χ2n) is 4.72. The first-order chi connectivity index (χ1) is 9.44. The molecule has 0 bridgehead atoms. The van der Waals surface area contributed by atoms with Crippen LogP contribution in [0.3, 0.4) is 0 Å². The standard InChI is InChI=1S/C12H17N3O4S/c1-2-13-11-7-6-10(8-12(11)15(16)17)20(18,19)14-9-4-3-5-9/h6-9,13-14H,2-5H2,1H3. The van der Waals surface area contributed by atoms with Gasteiger partial charge >= 0.3 is 0 Å². The lowest BCUT2D eigenvalue weighted by molar-refractivity contribution is -0.384. The largest absolute Gasteiger partial charge is 0.380 e. The molecule has 0 unspecified atom stereocenters. The van der Waals surface area contributed by atoms with Crippen molar-refractivity contribution >= 4 is 21.4 Å². The van der Waals surface area contributed by atoms with Crippen LogP contribution in [0.15, 0.2) is 23.1 Å². The van der Waals surface area contributed by atoms with Crippen molar-refractivity contribution in [3.8, 4) is 0 Å². The van der Waals surface area contributed by atoms with Crippen molar-refractivity contribution in [1.29, 1.82) is 0 Å². The molecule has 8 heteroatoms. The number of hydrogen-bond acceptors (Lipinski definition) is 5. The molecule has 2 rings (SSSR count). The van der Waals surface area contributed by atoms with Crippen LogP contribution in [0, 0.1) is 10.1 Å². The van der Waals surface area contributed by atoms with E-state index in [2.05, 4.69) is 10.0 Å². The van der Waals surface area contributed by atoms with Crippen molar-refractivity contribution < 1.29 is 13.3 Å². The van der Waals surface area contributed by atoms with Crippen molar-refractivity contribution in [2.75, 3.05) is 11.9 Å². The lowest BCUT2D eigenvalue weighted by atomic mass is 9.94. The molecule has 7 nitrogen and oxygen atoms in total. The summed E-state index contributed by atoms with van der Waals surface area (Å²) in [7, 11) is -3.69. The fourth-order valence-electron chi connectivity index (χ4n) is 1.98. The van der Waals surface area contributed by atoms with Gasteiger partial charge in [0.1, 0.15) is 5.69 Å². The van der Waals surface area contributed by atoms with Gasteiger partial charge < -0.3 is 5.32 Å². The number of hydrogen-bond donors (Lipinski definition) is 2. The Morgan fingerprint density at radius 2 is 2.10 bits per heavy atom. The minimum atomic E-state index is -3.69. The van der Waals surface area contributed by atoms with Gasteiger partial charge in [0.05, 0.1) is 9.82 Å². The second-order valence-corrected chi connectivity index (χ2v) is 6.43. The second kappa shape index (κ2) is 5.76. The third-order valence-corrected chi connectivity index (χ3v) is 4.79. The molecule has 0 aliphatic heterocycles. The molecule has 2 N–H and O–H groups in total. The van der Waals surface area contributed by atoms with Crippen LogP contribution in [0.1, 0.15) is 26.2 Å². The normalized spacial score (nSPS) is 15.7. The first kappa shape index (κ1) is 14.7. The molecular weight excluding hydrogens is 282 g/mol. The maximum atomic E-state index is 12.1. The van der Waals surface area contributed by atoms with Crippen LogP contribution in [0.4, 0.5) is 11.4 Å². The molecule has 0 atom stereocenters. The molecule has 1 aromatic carbocycles. The molecule has 1 aliphatic rings. The van der Waals surface area contributed by atoms with Gasteiger partial charge in [0.2, 0.25) is 10.0 Å². The van der Waals surface area contributed by atoms with Crippen LogP contribution >= 0.6 is 0 Å². The minimum absolute atomic E-state index is 0.0486. The van der Waals surface area contributed by atoms with E-state index in [0.717, 1.165) is 25.3 Å². The van der Waals surface area contributed by atoms with Crippen molar-refractivity contribution in [2.45, 2.75) is 37.1 Å². The van der Waals surface area contributed by atoms with E-state index in [1.54, 1.807) is 0 Å². The van der Waals surface area contributed by atoms with E-state index in [4.69, 9.17) is 0 Å². The highest BCUT2D eigenvalue weighted by Crippen LogP contribution is 2.28. The van der Waals surface area contributed by atoms with Gasteiger partial charge in [-0.25, -0.2) is 13.1 Å². The third kappa shape index (κ3) is 3.07. The van der Waals surface area contributed by atoms with E-state index >= 15 is 0 Å². The zero-order chi connectivity index (χ0) is 14.8. The number of rotatable bonds is 6. The Labute approximate surface area is 117 Å². The lowest BCUT2D eigenvalue weighted by Crippen LogP contribution is -2.39. The van der Waals surface area contributed by atoms with E-state index < -0.39 is 14.9 Å². The Morgan fingerprint density at radius 1 is 1.40 bits per heavy atom.